The van der Waals surface area contributed by atoms with E-state index in [9.17, 15) is 9.65 Å². The maximum Gasteiger partial charge on any atom is 0.149 e. The standard InChI is InChI=1S/C22H20FN3O/c23-20-8-4-7-19-21(13-17(14-24)25-22(19)20)27-18-9-11-26(12-10-18)15-16-5-2-1-3-6-16/h1-8,13,18H,9-12,15H2. The zero-order chi connectivity index (χ0) is 18.6. The lowest BCUT2D eigenvalue weighted by atomic mass is 10.1. The third-order valence-corrected chi connectivity index (χ3v) is 4.94. The van der Waals surface area contributed by atoms with E-state index >= 15 is 0 Å². The smallest absolute Gasteiger partial charge is 0.149 e. The lowest BCUT2D eigenvalue weighted by Crippen LogP contribution is -2.37. The summed E-state index contributed by atoms with van der Waals surface area (Å²) in [4.78, 5) is 6.50. The van der Waals surface area contributed by atoms with Gasteiger partial charge in [-0.1, -0.05) is 36.4 Å². The van der Waals surface area contributed by atoms with Gasteiger partial charge in [0.25, 0.3) is 0 Å². The van der Waals surface area contributed by atoms with Crippen LogP contribution < -0.4 is 4.74 Å². The molecule has 1 aliphatic heterocycles. The Labute approximate surface area is 157 Å². The molecule has 1 fully saturated rings. The van der Waals surface area contributed by atoms with Gasteiger partial charge in [-0.3, -0.25) is 4.90 Å². The first-order valence-electron chi connectivity index (χ1n) is 9.15. The Morgan fingerprint density at radius 1 is 1.11 bits per heavy atom. The molecule has 0 bridgehead atoms. The van der Waals surface area contributed by atoms with Crippen molar-refractivity contribution in [2.75, 3.05) is 13.1 Å². The highest BCUT2D eigenvalue weighted by molar-refractivity contribution is 5.86. The van der Waals surface area contributed by atoms with E-state index in [4.69, 9.17) is 4.74 Å². The van der Waals surface area contributed by atoms with Gasteiger partial charge in [0.05, 0.1) is 0 Å². The zero-order valence-electron chi connectivity index (χ0n) is 14.9. The number of hydrogen-bond acceptors (Lipinski definition) is 4. The maximum atomic E-state index is 14.1. The Balaban J connectivity index is 1.46. The molecule has 0 amide bonds. The molecule has 2 aromatic carbocycles. The summed E-state index contributed by atoms with van der Waals surface area (Å²) in [6, 6.07) is 18.8. The Morgan fingerprint density at radius 3 is 2.63 bits per heavy atom. The molecule has 0 aliphatic carbocycles. The van der Waals surface area contributed by atoms with Crippen LogP contribution in [-0.2, 0) is 6.54 Å². The van der Waals surface area contributed by atoms with Gasteiger partial charge in [0, 0.05) is 31.1 Å². The summed E-state index contributed by atoms with van der Waals surface area (Å²) in [6.07, 6.45) is 1.85. The van der Waals surface area contributed by atoms with Crippen LogP contribution in [0.2, 0.25) is 0 Å². The fraction of sp³-hybridized carbons (Fsp3) is 0.273. The highest BCUT2D eigenvalue weighted by atomic mass is 19.1. The van der Waals surface area contributed by atoms with Crippen molar-refractivity contribution in [3.05, 3.63) is 71.7 Å². The Bertz CT molecular complexity index is 976. The number of benzene rings is 2. The van der Waals surface area contributed by atoms with Crippen molar-refractivity contribution in [3.63, 3.8) is 0 Å². The molecule has 0 unspecified atom stereocenters. The van der Waals surface area contributed by atoms with Gasteiger partial charge < -0.3 is 4.74 Å². The molecular weight excluding hydrogens is 341 g/mol. The van der Waals surface area contributed by atoms with Crippen molar-refractivity contribution in [1.82, 2.24) is 9.88 Å². The fourth-order valence-corrected chi connectivity index (χ4v) is 3.54. The van der Waals surface area contributed by atoms with Crippen molar-refractivity contribution < 1.29 is 9.13 Å². The summed E-state index contributed by atoms with van der Waals surface area (Å²) < 4.78 is 20.3. The molecule has 136 valence electrons. The quantitative estimate of drug-likeness (QED) is 0.696. The van der Waals surface area contributed by atoms with Gasteiger partial charge in [0.15, 0.2) is 0 Å². The number of pyridine rings is 1. The second kappa shape index (κ2) is 7.73. The Hall–Kier alpha value is -2.97. The number of aromatic nitrogens is 1. The first-order chi connectivity index (χ1) is 13.2. The molecule has 1 aromatic heterocycles. The van der Waals surface area contributed by atoms with E-state index in [0.717, 1.165) is 32.5 Å². The van der Waals surface area contributed by atoms with Crippen molar-refractivity contribution in [3.8, 4) is 11.8 Å². The molecule has 0 spiro atoms. The number of ether oxygens (including phenoxy) is 1. The average Bonchev–Trinajstić information content (AvgIpc) is 2.71. The van der Waals surface area contributed by atoms with Crippen LogP contribution in [0.5, 0.6) is 5.75 Å². The largest absolute Gasteiger partial charge is 0.490 e. The van der Waals surface area contributed by atoms with Gasteiger partial charge in [0.2, 0.25) is 0 Å². The number of hydrogen-bond donors (Lipinski definition) is 0. The van der Waals surface area contributed by atoms with Crippen molar-refractivity contribution in [2.45, 2.75) is 25.5 Å². The van der Waals surface area contributed by atoms with Gasteiger partial charge in [0.1, 0.15) is 35.0 Å². The summed E-state index contributed by atoms with van der Waals surface area (Å²) in [5.74, 6) is 0.102. The molecule has 2 heterocycles. The molecule has 1 saturated heterocycles. The summed E-state index contributed by atoms with van der Waals surface area (Å²) in [5, 5.41) is 9.81. The maximum absolute atomic E-state index is 14.1. The van der Waals surface area contributed by atoms with E-state index in [2.05, 4.69) is 34.1 Å². The first-order valence-corrected chi connectivity index (χ1v) is 9.15. The predicted molar refractivity (Wildman–Crippen MR) is 102 cm³/mol. The predicted octanol–water partition coefficient (Wildman–Crippen LogP) is 4.29. The third-order valence-electron chi connectivity index (χ3n) is 4.94. The minimum Gasteiger partial charge on any atom is -0.490 e. The molecule has 0 radical (unpaired) electrons. The highest BCUT2D eigenvalue weighted by Crippen LogP contribution is 2.29. The van der Waals surface area contributed by atoms with Gasteiger partial charge in [-0.15, -0.1) is 0 Å². The lowest BCUT2D eigenvalue weighted by Gasteiger charge is -2.32. The van der Waals surface area contributed by atoms with E-state index in [-0.39, 0.29) is 17.3 Å². The van der Waals surface area contributed by atoms with E-state index in [1.54, 1.807) is 18.2 Å². The molecule has 5 heteroatoms. The minimum atomic E-state index is -0.438. The van der Waals surface area contributed by atoms with Gasteiger partial charge in [-0.05, 0) is 30.5 Å². The molecule has 1 aliphatic rings. The summed E-state index contributed by atoms with van der Waals surface area (Å²) in [5.41, 5.74) is 1.67. The number of piperidine rings is 1. The molecule has 0 N–H and O–H groups in total. The first kappa shape index (κ1) is 17.4. The summed E-state index contributed by atoms with van der Waals surface area (Å²) in [6.45, 7) is 2.83. The van der Waals surface area contributed by atoms with Gasteiger partial charge >= 0.3 is 0 Å². The second-order valence-electron chi connectivity index (χ2n) is 6.83. The highest BCUT2D eigenvalue weighted by Gasteiger charge is 2.22. The molecule has 4 rings (SSSR count). The zero-order valence-corrected chi connectivity index (χ0v) is 14.9. The normalized spacial score (nSPS) is 15.6. The molecule has 4 nitrogen and oxygen atoms in total. The van der Waals surface area contributed by atoms with E-state index < -0.39 is 5.82 Å². The second-order valence-corrected chi connectivity index (χ2v) is 6.83. The van der Waals surface area contributed by atoms with Crippen LogP contribution in [0.3, 0.4) is 0 Å². The molecular formula is C22H20FN3O. The number of likely N-dealkylation sites (tertiary alicyclic amines) is 1. The van der Waals surface area contributed by atoms with E-state index in [1.807, 2.05) is 12.1 Å². The van der Waals surface area contributed by atoms with Crippen molar-refractivity contribution in [2.24, 2.45) is 0 Å². The number of rotatable bonds is 4. The SMILES string of the molecule is N#Cc1cc(OC2CCN(Cc3ccccc3)CC2)c2cccc(F)c2n1. The van der Waals surface area contributed by atoms with E-state index in [1.165, 1.54) is 11.6 Å². The molecule has 0 atom stereocenters. The van der Waals surface area contributed by atoms with E-state index in [0.29, 0.717) is 11.1 Å². The number of halogens is 1. The van der Waals surface area contributed by atoms with Gasteiger partial charge in [-0.2, -0.15) is 5.26 Å². The Morgan fingerprint density at radius 2 is 1.89 bits per heavy atom. The van der Waals surface area contributed by atoms with Crippen LogP contribution in [0.1, 0.15) is 24.1 Å². The van der Waals surface area contributed by atoms with Crippen LogP contribution in [0, 0.1) is 17.1 Å². The lowest BCUT2D eigenvalue weighted by molar-refractivity contribution is 0.0979. The average molecular weight is 361 g/mol. The number of para-hydroxylation sites is 1. The Kier molecular flexibility index (Phi) is 4.99. The third kappa shape index (κ3) is 3.91. The van der Waals surface area contributed by atoms with Crippen molar-refractivity contribution >= 4 is 10.9 Å². The number of nitrogens with zero attached hydrogens (tertiary/aromatic N) is 3. The topological polar surface area (TPSA) is 49.1 Å². The fourth-order valence-electron chi connectivity index (χ4n) is 3.54. The monoisotopic (exact) mass is 361 g/mol. The van der Waals surface area contributed by atoms with Crippen LogP contribution in [-0.4, -0.2) is 29.1 Å². The summed E-state index contributed by atoms with van der Waals surface area (Å²) in [7, 11) is 0. The summed E-state index contributed by atoms with van der Waals surface area (Å²) >= 11 is 0. The van der Waals surface area contributed by atoms with Gasteiger partial charge in [-0.25, -0.2) is 9.37 Å². The van der Waals surface area contributed by atoms with Crippen LogP contribution in [0.4, 0.5) is 4.39 Å². The molecule has 0 saturated carbocycles. The molecule has 27 heavy (non-hydrogen) atoms. The van der Waals surface area contributed by atoms with Crippen LogP contribution >= 0.6 is 0 Å². The van der Waals surface area contributed by atoms with Crippen LogP contribution in [0.15, 0.2) is 54.6 Å². The minimum absolute atomic E-state index is 0.0532. The van der Waals surface area contributed by atoms with Crippen LogP contribution in [0.25, 0.3) is 10.9 Å². The van der Waals surface area contributed by atoms with Crippen molar-refractivity contribution in [1.29, 1.82) is 5.26 Å². The number of fused-ring (bicyclic) bond motifs is 1. The number of nitriles is 1. The molecule has 3 aromatic rings.